The standard InChI is InChI=1S/C10H9NO2/c1-12-9-5-3-2-4-8(9)10-6-7-11-13-10/h2-7H,1H3/i7D. The van der Waals surface area contributed by atoms with Crippen molar-refractivity contribution in [3.63, 3.8) is 0 Å². The van der Waals surface area contributed by atoms with E-state index in [0.29, 0.717) is 11.5 Å². The van der Waals surface area contributed by atoms with Crippen molar-refractivity contribution in [2.24, 2.45) is 0 Å². The molecule has 0 bridgehead atoms. The average Bonchev–Trinajstić information content (AvgIpc) is 2.65. The Hall–Kier alpha value is -1.77. The smallest absolute Gasteiger partial charge is 0.170 e. The Balaban J connectivity index is 2.50. The molecule has 1 heterocycles. The van der Waals surface area contributed by atoms with Gasteiger partial charge in [0.2, 0.25) is 0 Å². The summed E-state index contributed by atoms with van der Waals surface area (Å²) in [6.07, 6.45) is 0.117. The molecule has 0 atom stereocenters. The Morgan fingerprint density at radius 1 is 1.38 bits per heavy atom. The molecule has 3 nitrogen and oxygen atoms in total. The maximum absolute atomic E-state index is 7.25. The quantitative estimate of drug-likeness (QED) is 0.704. The van der Waals surface area contributed by atoms with E-state index in [-0.39, 0.29) is 6.17 Å². The number of ether oxygens (including phenoxy) is 1. The van der Waals surface area contributed by atoms with Crippen molar-refractivity contribution in [2.45, 2.75) is 0 Å². The zero-order valence-corrected chi connectivity index (χ0v) is 7.15. The van der Waals surface area contributed by atoms with E-state index >= 15 is 0 Å². The topological polar surface area (TPSA) is 35.3 Å². The number of hydrogen-bond donors (Lipinski definition) is 0. The van der Waals surface area contributed by atoms with Crippen molar-refractivity contribution in [2.75, 3.05) is 7.11 Å². The Morgan fingerprint density at radius 2 is 2.23 bits per heavy atom. The third-order valence-corrected chi connectivity index (χ3v) is 1.76. The molecule has 0 saturated heterocycles. The molecule has 13 heavy (non-hydrogen) atoms. The molecule has 66 valence electrons. The lowest BCUT2D eigenvalue weighted by Gasteiger charge is -2.03. The van der Waals surface area contributed by atoms with Gasteiger partial charge in [0.15, 0.2) is 5.76 Å². The fraction of sp³-hybridized carbons (Fsp3) is 0.100. The van der Waals surface area contributed by atoms with Gasteiger partial charge in [0.25, 0.3) is 0 Å². The maximum atomic E-state index is 7.25. The number of nitrogens with zero attached hydrogens (tertiary/aromatic N) is 1. The van der Waals surface area contributed by atoms with Gasteiger partial charge in [-0.1, -0.05) is 17.3 Å². The second kappa shape index (κ2) is 3.31. The third kappa shape index (κ3) is 1.40. The van der Waals surface area contributed by atoms with E-state index < -0.39 is 0 Å². The van der Waals surface area contributed by atoms with Gasteiger partial charge >= 0.3 is 0 Å². The van der Waals surface area contributed by atoms with Crippen LogP contribution < -0.4 is 4.74 Å². The van der Waals surface area contributed by atoms with Crippen LogP contribution in [-0.4, -0.2) is 12.3 Å². The SMILES string of the molecule is [2H]c1cc(-c2ccccc2OC)on1. The number of benzene rings is 1. The van der Waals surface area contributed by atoms with Crippen molar-refractivity contribution in [3.8, 4) is 17.1 Å². The summed E-state index contributed by atoms with van der Waals surface area (Å²) in [6, 6.07) is 9.00. The van der Waals surface area contributed by atoms with Gasteiger partial charge in [-0.15, -0.1) is 0 Å². The van der Waals surface area contributed by atoms with E-state index in [1.165, 1.54) is 0 Å². The molecule has 0 fully saturated rings. The molecule has 1 aromatic carbocycles. The van der Waals surface area contributed by atoms with Crippen LogP contribution in [0.2, 0.25) is 0 Å². The fourth-order valence-corrected chi connectivity index (χ4v) is 1.16. The lowest BCUT2D eigenvalue weighted by atomic mass is 10.1. The summed E-state index contributed by atoms with van der Waals surface area (Å²) in [5.41, 5.74) is 0.806. The lowest BCUT2D eigenvalue weighted by Crippen LogP contribution is -1.85. The van der Waals surface area contributed by atoms with E-state index in [1.807, 2.05) is 24.3 Å². The summed E-state index contributed by atoms with van der Waals surface area (Å²) in [4.78, 5) is 0. The molecule has 0 amide bonds. The van der Waals surface area contributed by atoms with Crippen LogP contribution in [0, 0.1) is 0 Å². The van der Waals surface area contributed by atoms with Crippen molar-refractivity contribution in [1.82, 2.24) is 5.16 Å². The van der Waals surface area contributed by atoms with Crippen LogP contribution in [0.1, 0.15) is 1.37 Å². The van der Waals surface area contributed by atoms with Gasteiger partial charge in [0, 0.05) is 6.07 Å². The Labute approximate surface area is 77.3 Å². The highest BCUT2D eigenvalue weighted by atomic mass is 16.5. The van der Waals surface area contributed by atoms with Gasteiger partial charge in [-0.25, -0.2) is 0 Å². The van der Waals surface area contributed by atoms with E-state index in [0.717, 1.165) is 5.56 Å². The number of rotatable bonds is 2. The van der Waals surface area contributed by atoms with Gasteiger partial charge in [-0.3, -0.25) is 0 Å². The van der Waals surface area contributed by atoms with Crippen LogP contribution in [0.15, 0.2) is 41.0 Å². The zero-order chi connectivity index (χ0) is 9.97. The summed E-state index contributed by atoms with van der Waals surface area (Å²) in [5, 5.41) is 3.50. The third-order valence-electron chi connectivity index (χ3n) is 1.76. The average molecular weight is 176 g/mol. The minimum absolute atomic E-state index is 0.117. The summed E-state index contributed by atoms with van der Waals surface area (Å²) in [5.74, 6) is 1.26. The molecule has 0 spiro atoms. The lowest BCUT2D eigenvalue weighted by molar-refractivity contribution is 0.406. The van der Waals surface area contributed by atoms with Crippen LogP contribution in [0.5, 0.6) is 5.75 Å². The molecule has 2 aromatic rings. The first-order valence-electron chi connectivity index (χ1n) is 4.38. The van der Waals surface area contributed by atoms with E-state index in [9.17, 15) is 0 Å². The molecule has 0 N–H and O–H groups in total. The van der Waals surface area contributed by atoms with E-state index in [4.69, 9.17) is 10.6 Å². The van der Waals surface area contributed by atoms with Crippen LogP contribution in [-0.2, 0) is 0 Å². The monoisotopic (exact) mass is 176 g/mol. The second-order valence-electron chi connectivity index (χ2n) is 2.52. The molecule has 3 heteroatoms. The zero-order valence-electron chi connectivity index (χ0n) is 8.15. The molecule has 2 rings (SSSR count). The Morgan fingerprint density at radius 3 is 2.92 bits per heavy atom. The van der Waals surface area contributed by atoms with Crippen LogP contribution in [0.3, 0.4) is 0 Å². The minimum Gasteiger partial charge on any atom is -0.496 e. The Kier molecular flexibility index (Phi) is 1.71. The predicted octanol–water partition coefficient (Wildman–Crippen LogP) is 2.35. The van der Waals surface area contributed by atoms with Crippen LogP contribution in [0.4, 0.5) is 0 Å². The highest BCUT2D eigenvalue weighted by Gasteiger charge is 2.06. The van der Waals surface area contributed by atoms with Gasteiger partial charge in [-0.2, -0.15) is 0 Å². The highest BCUT2D eigenvalue weighted by molar-refractivity contribution is 5.64. The summed E-state index contributed by atoms with van der Waals surface area (Å²) >= 11 is 0. The van der Waals surface area contributed by atoms with Gasteiger partial charge in [0.05, 0.1) is 20.2 Å². The number of hydrogen-bond acceptors (Lipinski definition) is 3. The molecule has 0 unspecified atom stereocenters. The molecule has 1 aromatic heterocycles. The van der Waals surface area contributed by atoms with Crippen LogP contribution >= 0.6 is 0 Å². The maximum Gasteiger partial charge on any atom is 0.170 e. The number of para-hydroxylation sites is 1. The van der Waals surface area contributed by atoms with Crippen molar-refractivity contribution in [3.05, 3.63) is 36.5 Å². The van der Waals surface area contributed by atoms with Gasteiger partial charge in [0.1, 0.15) is 5.75 Å². The van der Waals surface area contributed by atoms with Crippen molar-refractivity contribution < 1.29 is 10.6 Å². The minimum atomic E-state index is 0.117. The highest BCUT2D eigenvalue weighted by Crippen LogP contribution is 2.28. The normalized spacial score (nSPS) is 11.0. The molecule has 0 saturated carbocycles. The second-order valence-corrected chi connectivity index (χ2v) is 2.52. The van der Waals surface area contributed by atoms with Gasteiger partial charge in [-0.05, 0) is 12.1 Å². The van der Waals surface area contributed by atoms with E-state index in [1.54, 1.807) is 13.2 Å². The van der Waals surface area contributed by atoms with Crippen LogP contribution in [0.25, 0.3) is 11.3 Å². The summed E-state index contributed by atoms with van der Waals surface area (Å²) in [7, 11) is 1.59. The first-order chi connectivity index (χ1) is 6.81. The first-order valence-corrected chi connectivity index (χ1v) is 3.88. The Bertz CT molecular complexity index is 439. The summed E-state index contributed by atoms with van der Waals surface area (Å²) in [6.45, 7) is 0. The molecule has 0 aliphatic rings. The number of methoxy groups -OCH3 is 1. The fourth-order valence-electron chi connectivity index (χ4n) is 1.16. The van der Waals surface area contributed by atoms with Gasteiger partial charge < -0.3 is 9.26 Å². The largest absolute Gasteiger partial charge is 0.496 e. The van der Waals surface area contributed by atoms with E-state index in [2.05, 4.69) is 5.16 Å². The summed E-state index contributed by atoms with van der Waals surface area (Å²) < 4.78 is 17.4. The molecular formula is C10H9NO2. The molecule has 0 radical (unpaired) electrons. The molecule has 0 aliphatic carbocycles. The molecule has 0 aliphatic heterocycles. The first kappa shape index (κ1) is 6.71. The van der Waals surface area contributed by atoms with Crippen molar-refractivity contribution in [1.29, 1.82) is 0 Å². The predicted molar refractivity (Wildman–Crippen MR) is 48.5 cm³/mol. The number of aromatic nitrogens is 1. The molecular weight excluding hydrogens is 166 g/mol. The van der Waals surface area contributed by atoms with Crippen molar-refractivity contribution >= 4 is 0 Å².